The molecule has 178 valence electrons. The smallest absolute Gasteiger partial charge is 0.250 e. The molecule has 1 unspecified atom stereocenters. The Morgan fingerprint density at radius 1 is 0.853 bits per heavy atom. The Hall–Kier alpha value is -3.29. The standard InChI is InChI=1S/C27H31N3O4/c31-27-8-4-5-11-30(27)17-16-28-12-14-29(15-13-28)19-24-21-33-25-10-9-23(18-26(25)34-24)32-20-22-6-2-1-3-7-22/h1-11,18,24H,12-17,19-21H2. The molecular formula is C27H31N3O4. The Bertz CT molecular complexity index is 1130. The number of hydrogen-bond acceptors (Lipinski definition) is 6. The number of aromatic nitrogens is 1. The number of piperazine rings is 1. The lowest BCUT2D eigenvalue weighted by atomic mass is 10.2. The summed E-state index contributed by atoms with van der Waals surface area (Å²) in [5.41, 5.74) is 1.19. The van der Waals surface area contributed by atoms with Crippen LogP contribution in [0, 0.1) is 0 Å². The minimum Gasteiger partial charge on any atom is -0.489 e. The summed E-state index contributed by atoms with van der Waals surface area (Å²) in [7, 11) is 0. The van der Waals surface area contributed by atoms with Crippen LogP contribution in [0.15, 0.2) is 77.7 Å². The molecule has 0 spiro atoms. The zero-order valence-corrected chi connectivity index (χ0v) is 19.3. The van der Waals surface area contributed by atoms with Crippen LogP contribution in [0.1, 0.15) is 5.56 Å². The Kier molecular flexibility index (Phi) is 7.12. The monoisotopic (exact) mass is 461 g/mol. The third kappa shape index (κ3) is 5.79. The largest absolute Gasteiger partial charge is 0.489 e. The lowest BCUT2D eigenvalue weighted by Crippen LogP contribution is -2.51. The first-order chi connectivity index (χ1) is 16.7. The van der Waals surface area contributed by atoms with Gasteiger partial charge < -0.3 is 18.8 Å². The highest BCUT2D eigenvalue weighted by atomic mass is 16.6. The fourth-order valence-electron chi connectivity index (χ4n) is 4.39. The number of nitrogens with zero attached hydrogens (tertiary/aromatic N) is 3. The van der Waals surface area contributed by atoms with Gasteiger partial charge in [0.25, 0.3) is 5.56 Å². The van der Waals surface area contributed by atoms with Gasteiger partial charge in [0, 0.05) is 64.1 Å². The van der Waals surface area contributed by atoms with Crippen molar-refractivity contribution in [2.24, 2.45) is 0 Å². The molecule has 0 N–H and O–H groups in total. The molecule has 5 rings (SSSR count). The maximum absolute atomic E-state index is 11.9. The zero-order valence-electron chi connectivity index (χ0n) is 19.3. The second kappa shape index (κ2) is 10.8. The lowest BCUT2D eigenvalue weighted by Gasteiger charge is -2.37. The normalized spacial score (nSPS) is 18.5. The third-order valence-corrected chi connectivity index (χ3v) is 6.36. The Morgan fingerprint density at radius 3 is 2.47 bits per heavy atom. The summed E-state index contributed by atoms with van der Waals surface area (Å²) in [6.07, 6.45) is 1.85. The first-order valence-electron chi connectivity index (χ1n) is 11.9. The van der Waals surface area contributed by atoms with Crippen molar-refractivity contribution in [3.05, 3.63) is 88.8 Å². The van der Waals surface area contributed by atoms with Crippen LogP contribution < -0.4 is 19.8 Å². The highest BCUT2D eigenvalue weighted by Crippen LogP contribution is 2.35. The first kappa shape index (κ1) is 22.5. The predicted molar refractivity (Wildman–Crippen MR) is 131 cm³/mol. The number of rotatable bonds is 8. The van der Waals surface area contributed by atoms with Crippen molar-refractivity contribution in [1.29, 1.82) is 0 Å². The Balaban J connectivity index is 1.08. The summed E-state index contributed by atoms with van der Waals surface area (Å²) >= 11 is 0. The van der Waals surface area contributed by atoms with Gasteiger partial charge >= 0.3 is 0 Å². The molecule has 7 nitrogen and oxygen atoms in total. The number of hydrogen-bond donors (Lipinski definition) is 0. The van der Waals surface area contributed by atoms with E-state index in [2.05, 4.69) is 21.9 Å². The van der Waals surface area contributed by atoms with Crippen molar-refractivity contribution in [3.8, 4) is 17.2 Å². The number of pyridine rings is 1. The second-order valence-electron chi connectivity index (χ2n) is 8.81. The molecular weight excluding hydrogens is 430 g/mol. The zero-order chi connectivity index (χ0) is 23.2. The van der Waals surface area contributed by atoms with Crippen LogP contribution in [-0.4, -0.2) is 66.3 Å². The Labute approximate surface area is 200 Å². The molecule has 0 amide bonds. The van der Waals surface area contributed by atoms with E-state index in [0.717, 1.165) is 68.6 Å². The van der Waals surface area contributed by atoms with Crippen LogP contribution >= 0.6 is 0 Å². The molecule has 2 aliphatic heterocycles. The summed E-state index contributed by atoms with van der Waals surface area (Å²) in [4.78, 5) is 16.7. The Morgan fingerprint density at radius 2 is 1.65 bits per heavy atom. The fourth-order valence-corrected chi connectivity index (χ4v) is 4.39. The molecule has 3 aromatic rings. The molecule has 1 saturated heterocycles. The van der Waals surface area contributed by atoms with E-state index >= 15 is 0 Å². The van der Waals surface area contributed by atoms with Crippen molar-refractivity contribution in [1.82, 2.24) is 14.4 Å². The highest BCUT2D eigenvalue weighted by molar-refractivity contribution is 5.46. The number of benzene rings is 2. The van der Waals surface area contributed by atoms with Gasteiger partial charge in [0.15, 0.2) is 11.5 Å². The topological polar surface area (TPSA) is 56.2 Å². The van der Waals surface area contributed by atoms with E-state index < -0.39 is 0 Å². The van der Waals surface area contributed by atoms with Gasteiger partial charge in [-0.15, -0.1) is 0 Å². The van der Waals surface area contributed by atoms with Crippen LogP contribution in [-0.2, 0) is 13.2 Å². The van der Waals surface area contributed by atoms with Crippen LogP contribution in [0.2, 0.25) is 0 Å². The van der Waals surface area contributed by atoms with Gasteiger partial charge in [-0.3, -0.25) is 14.6 Å². The van der Waals surface area contributed by atoms with E-state index in [9.17, 15) is 4.79 Å². The SMILES string of the molecule is O=c1ccccn1CCN1CCN(CC2COc3ccc(OCc4ccccc4)cc3O2)CC1. The minimum absolute atomic E-state index is 0.00804. The van der Waals surface area contributed by atoms with Gasteiger partial charge in [0.2, 0.25) is 0 Å². The molecule has 0 radical (unpaired) electrons. The maximum Gasteiger partial charge on any atom is 0.250 e. The van der Waals surface area contributed by atoms with E-state index in [-0.39, 0.29) is 11.7 Å². The van der Waals surface area contributed by atoms with E-state index in [1.165, 1.54) is 0 Å². The van der Waals surface area contributed by atoms with Crippen molar-refractivity contribution >= 4 is 0 Å². The van der Waals surface area contributed by atoms with E-state index in [0.29, 0.717) is 13.2 Å². The van der Waals surface area contributed by atoms with Crippen molar-refractivity contribution in [2.45, 2.75) is 19.3 Å². The van der Waals surface area contributed by atoms with Gasteiger partial charge in [-0.2, -0.15) is 0 Å². The summed E-state index contributed by atoms with van der Waals surface area (Å²) in [6.45, 7) is 7.46. The molecule has 0 bridgehead atoms. The molecule has 1 atom stereocenters. The van der Waals surface area contributed by atoms with Gasteiger partial charge in [-0.1, -0.05) is 36.4 Å². The summed E-state index contributed by atoms with van der Waals surface area (Å²) in [6, 6.07) is 21.2. The van der Waals surface area contributed by atoms with Crippen molar-refractivity contribution < 1.29 is 14.2 Å². The fraction of sp³-hybridized carbons (Fsp3) is 0.370. The average molecular weight is 462 g/mol. The van der Waals surface area contributed by atoms with E-state index in [1.54, 1.807) is 16.7 Å². The van der Waals surface area contributed by atoms with Gasteiger partial charge in [-0.25, -0.2) is 0 Å². The van der Waals surface area contributed by atoms with Crippen LogP contribution in [0.3, 0.4) is 0 Å². The van der Waals surface area contributed by atoms with Crippen molar-refractivity contribution in [2.75, 3.05) is 45.9 Å². The second-order valence-corrected chi connectivity index (χ2v) is 8.81. The average Bonchev–Trinajstić information content (AvgIpc) is 2.88. The molecule has 1 aromatic heterocycles. The summed E-state index contributed by atoms with van der Waals surface area (Å²) in [5.74, 6) is 2.29. The van der Waals surface area contributed by atoms with Crippen LogP contribution in [0.25, 0.3) is 0 Å². The maximum atomic E-state index is 11.9. The minimum atomic E-state index is -0.00804. The van der Waals surface area contributed by atoms with E-state index in [1.807, 2.05) is 48.7 Å². The molecule has 2 aromatic carbocycles. The van der Waals surface area contributed by atoms with E-state index in [4.69, 9.17) is 14.2 Å². The molecule has 2 aliphatic rings. The summed E-state index contributed by atoms with van der Waals surface area (Å²) < 4.78 is 20.0. The molecule has 1 fully saturated rings. The van der Waals surface area contributed by atoms with Crippen LogP contribution in [0.4, 0.5) is 0 Å². The molecule has 0 saturated carbocycles. The third-order valence-electron chi connectivity index (χ3n) is 6.36. The molecule has 0 aliphatic carbocycles. The number of ether oxygens (including phenoxy) is 3. The summed E-state index contributed by atoms with van der Waals surface area (Å²) in [5, 5.41) is 0. The van der Waals surface area contributed by atoms with Crippen LogP contribution in [0.5, 0.6) is 17.2 Å². The quantitative estimate of drug-likeness (QED) is 0.514. The first-order valence-corrected chi connectivity index (χ1v) is 11.9. The lowest BCUT2D eigenvalue weighted by molar-refractivity contribution is 0.0396. The highest BCUT2D eigenvalue weighted by Gasteiger charge is 2.26. The number of fused-ring (bicyclic) bond motifs is 1. The molecule has 3 heterocycles. The predicted octanol–water partition coefficient (Wildman–Crippen LogP) is 2.88. The molecule has 34 heavy (non-hydrogen) atoms. The van der Waals surface area contributed by atoms with Gasteiger partial charge in [0.1, 0.15) is 25.1 Å². The van der Waals surface area contributed by atoms with Gasteiger partial charge in [0.05, 0.1) is 0 Å². The van der Waals surface area contributed by atoms with Gasteiger partial charge in [-0.05, 0) is 23.8 Å². The van der Waals surface area contributed by atoms with Crippen molar-refractivity contribution in [3.63, 3.8) is 0 Å². The molecule has 7 heteroatoms.